The van der Waals surface area contributed by atoms with Crippen LogP contribution in [0.1, 0.15) is 63.0 Å². The molecule has 2 amide bonds. The molecule has 3 fully saturated rings. The third-order valence-corrected chi connectivity index (χ3v) is 7.11. The molecule has 1 unspecified atom stereocenters. The lowest BCUT2D eigenvalue weighted by atomic mass is 9.95. The fraction of sp³-hybridized carbons (Fsp3) is 0.680. The van der Waals surface area contributed by atoms with E-state index in [9.17, 15) is 9.59 Å². The van der Waals surface area contributed by atoms with Crippen LogP contribution in [0.3, 0.4) is 0 Å². The highest BCUT2D eigenvalue weighted by Crippen LogP contribution is 2.41. The molecule has 170 valence electrons. The van der Waals surface area contributed by atoms with Crippen molar-refractivity contribution in [1.29, 1.82) is 0 Å². The van der Waals surface area contributed by atoms with E-state index >= 15 is 0 Å². The van der Waals surface area contributed by atoms with Gasteiger partial charge in [-0.1, -0.05) is 25.0 Å². The molecule has 0 radical (unpaired) electrons. The molecule has 2 heterocycles. The minimum Gasteiger partial charge on any atom is -0.497 e. The molecule has 6 nitrogen and oxygen atoms in total. The number of methoxy groups -OCH3 is 1. The average Bonchev–Trinajstić information content (AvgIpc) is 3.65. The zero-order chi connectivity index (χ0) is 21.6. The Hall–Kier alpha value is -2.08. The zero-order valence-corrected chi connectivity index (χ0v) is 18.9. The number of nitrogens with zero attached hydrogens (tertiary/aromatic N) is 2. The molecule has 2 saturated heterocycles. The van der Waals surface area contributed by atoms with Crippen LogP contribution in [0.25, 0.3) is 0 Å². The zero-order valence-electron chi connectivity index (χ0n) is 18.9. The number of amides is 2. The van der Waals surface area contributed by atoms with Gasteiger partial charge in [0.2, 0.25) is 11.8 Å². The third kappa shape index (κ3) is 6.00. The number of piperidine rings is 1. The second-order valence-corrected chi connectivity index (χ2v) is 9.45. The Labute approximate surface area is 186 Å². The minimum atomic E-state index is 0.0839. The smallest absolute Gasteiger partial charge is 0.234 e. The van der Waals surface area contributed by atoms with Crippen molar-refractivity contribution in [3.05, 3.63) is 29.8 Å². The lowest BCUT2D eigenvalue weighted by Crippen LogP contribution is -2.46. The summed E-state index contributed by atoms with van der Waals surface area (Å²) in [4.78, 5) is 30.0. The van der Waals surface area contributed by atoms with E-state index in [0.717, 1.165) is 63.2 Å². The molecule has 3 aliphatic rings. The van der Waals surface area contributed by atoms with Gasteiger partial charge in [0.15, 0.2) is 0 Å². The van der Waals surface area contributed by atoms with Gasteiger partial charge >= 0.3 is 0 Å². The van der Waals surface area contributed by atoms with Gasteiger partial charge in [-0.3, -0.25) is 14.5 Å². The highest BCUT2D eigenvalue weighted by Gasteiger charge is 2.34. The van der Waals surface area contributed by atoms with Crippen LogP contribution in [-0.2, 0) is 9.59 Å². The van der Waals surface area contributed by atoms with Crippen molar-refractivity contribution < 1.29 is 14.3 Å². The summed E-state index contributed by atoms with van der Waals surface area (Å²) in [5.74, 6) is 1.94. The van der Waals surface area contributed by atoms with Gasteiger partial charge in [0.05, 0.1) is 19.7 Å². The second kappa shape index (κ2) is 10.5. The van der Waals surface area contributed by atoms with Crippen LogP contribution in [0.15, 0.2) is 24.3 Å². The fourth-order valence-corrected chi connectivity index (χ4v) is 5.02. The first kappa shape index (κ1) is 22.1. The fourth-order valence-electron chi connectivity index (χ4n) is 5.02. The summed E-state index contributed by atoms with van der Waals surface area (Å²) in [5.41, 5.74) is 1.15. The Bertz CT molecular complexity index is 731. The molecular formula is C25H37N3O3. The Kier molecular flexibility index (Phi) is 7.49. The normalized spacial score (nSPS) is 21.9. The van der Waals surface area contributed by atoms with E-state index in [1.54, 1.807) is 7.11 Å². The molecule has 1 atom stereocenters. The predicted molar refractivity (Wildman–Crippen MR) is 121 cm³/mol. The van der Waals surface area contributed by atoms with Gasteiger partial charge in [-0.2, -0.15) is 0 Å². The number of benzene rings is 1. The Morgan fingerprint density at radius 2 is 1.61 bits per heavy atom. The maximum absolute atomic E-state index is 12.9. The molecule has 0 spiro atoms. The van der Waals surface area contributed by atoms with Crippen LogP contribution >= 0.6 is 0 Å². The van der Waals surface area contributed by atoms with Gasteiger partial charge in [-0.05, 0) is 75.2 Å². The van der Waals surface area contributed by atoms with Crippen molar-refractivity contribution in [2.45, 2.75) is 57.4 Å². The van der Waals surface area contributed by atoms with E-state index in [2.05, 4.69) is 27.2 Å². The van der Waals surface area contributed by atoms with Gasteiger partial charge in [0.1, 0.15) is 5.75 Å². The van der Waals surface area contributed by atoms with Crippen LogP contribution in [0.4, 0.5) is 0 Å². The van der Waals surface area contributed by atoms with E-state index < -0.39 is 0 Å². The van der Waals surface area contributed by atoms with E-state index in [1.807, 2.05) is 12.1 Å². The molecule has 1 aromatic carbocycles. The lowest BCUT2D eigenvalue weighted by molar-refractivity contribution is -0.137. The molecule has 1 N–H and O–H groups in total. The Morgan fingerprint density at radius 3 is 2.19 bits per heavy atom. The topological polar surface area (TPSA) is 61.9 Å². The molecule has 1 saturated carbocycles. The summed E-state index contributed by atoms with van der Waals surface area (Å²) in [6, 6.07) is 8.12. The monoisotopic (exact) mass is 427 g/mol. The Morgan fingerprint density at radius 1 is 0.968 bits per heavy atom. The standard InChI is InChI=1S/C25H37N3O3/c1-31-22-10-8-20(9-11-22)24(19-6-7-19)26-23(29)18-27-16-12-21(13-17-27)25(30)28-14-4-2-3-5-15-28/h8-11,19,21,24H,2-7,12-18H2,1H3,(H,26,29). The second-order valence-electron chi connectivity index (χ2n) is 9.45. The molecule has 0 aromatic heterocycles. The number of ether oxygens (including phenoxy) is 1. The minimum absolute atomic E-state index is 0.0839. The van der Waals surface area contributed by atoms with Gasteiger partial charge < -0.3 is 15.0 Å². The van der Waals surface area contributed by atoms with E-state index in [0.29, 0.717) is 18.4 Å². The average molecular weight is 428 g/mol. The quantitative estimate of drug-likeness (QED) is 0.725. The van der Waals surface area contributed by atoms with Crippen LogP contribution in [-0.4, -0.2) is 61.4 Å². The number of hydrogen-bond donors (Lipinski definition) is 1. The van der Waals surface area contributed by atoms with Crippen LogP contribution in [0.2, 0.25) is 0 Å². The van der Waals surface area contributed by atoms with E-state index in [-0.39, 0.29) is 17.9 Å². The molecule has 4 rings (SSSR count). The molecule has 2 aliphatic heterocycles. The summed E-state index contributed by atoms with van der Waals surface area (Å²) in [6.45, 7) is 3.93. The predicted octanol–water partition coefficient (Wildman–Crippen LogP) is 3.38. The van der Waals surface area contributed by atoms with Gasteiger partial charge in [0, 0.05) is 19.0 Å². The van der Waals surface area contributed by atoms with Crippen molar-refractivity contribution in [2.75, 3.05) is 39.8 Å². The van der Waals surface area contributed by atoms with Crippen molar-refractivity contribution in [2.24, 2.45) is 11.8 Å². The molecule has 6 heteroatoms. The number of likely N-dealkylation sites (tertiary alicyclic amines) is 2. The number of rotatable bonds is 7. The van der Waals surface area contributed by atoms with Crippen molar-refractivity contribution in [3.8, 4) is 5.75 Å². The van der Waals surface area contributed by atoms with Gasteiger partial charge in [-0.25, -0.2) is 0 Å². The van der Waals surface area contributed by atoms with Crippen LogP contribution in [0, 0.1) is 11.8 Å². The largest absolute Gasteiger partial charge is 0.497 e. The SMILES string of the molecule is COc1ccc(C(NC(=O)CN2CCC(C(=O)N3CCCCCC3)CC2)C2CC2)cc1. The molecular weight excluding hydrogens is 390 g/mol. The van der Waals surface area contributed by atoms with Crippen molar-refractivity contribution in [3.63, 3.8) is 0 Å². The van der Waals surface area contributed by atoms with Crippen LogP contribution < -0.4 is 10.1 Å². The van der Waals surface area contributed by atoms with Crippen LogP contribution in [0.5, 0.6) is 5.75 Å². The number of hydrogen-bond acceptors (Lipinski definition) is 4. The third-order valence-electron chi connectivity index (χ3n) is 7.11. The van der Waals surface area contributed by atoms with E-state index in [4.69, 9.17) is 4.74 Å². The van der Waals surface area contributed by atoms with Crippen molar-refractivity contribution in [1.82, 2.24) is 15.1 Å². The maximum atomic E-state index is 12.9. The summed E-state index contributed by atoms with van der Waals surface area (Å²) in [6.07, 6.45) is 8.84. The van der Waals surface area contributed by atoms with Crippen molar-refractivity contribution >= 4 is 11.8 Å². The first-order chi connectivity index (χ1) is 15.1. The van der Waals surface area contributed by atoms with E-state index in [1.165, 1.54) is 25.7 Å². The molecule has 31 heavy (non-hydrogen) atoms. The molecule has 0 bridgehead atoms. The summed E-state index contributed by atoms with van der Waals surface area (Å²) in [5, 5.41) is 3.28. The first-order valence-electron chi connectivity index (χ1n) is 12.1. The van der Waals surface area contributed by atoms with Gasteiger partial charge in [0.25, 0.3) is 0 Å². The first-order valence-corrected chi connectivity index (χ1v) is 12.1. The number of carbonyl (C=O) groups is 2. The lowest BCUT2D eigenvalue weighted by Gasteiger charge is -2.34. The highest BCUT2D eigenvalue weighted by molar-refractivity contribution is 5.80. The summed E-state index contributed by atoms with van der Waals surface area (Å²) in [7, 11) is 1.67. The number of nitrogens with one attached hydrogen (secondary N) is 1. The number of carbonyl (C=O) groups excluding carboxylic acids is 2. The Balaban J connectivity index is 1.25. The molecule has 1 aromatic rings. The summed E-state index contributed by atoms with van der Waals surface area (Å²) >= 11 is 0. The maximum Gasteiger partial charge on any atom is 0.234 e. The van der Waals surface area contributed by atoms with Gasteiger partial charge in [-0.15, -0.1) is 0 Å². The summed E-state index contributed by atoms with van der Waals surface area (Å²) < 4.78 is 5.26. The highest BCUT2D eigenvalue weighted by atomic mass is 16.5. The molecule has 1 aliphatic carbocycles.